The molecule has 0 aliphatic carbocycles. The summed E-state index contributed by atoms with van der Waals surface area (Å²) in [6, 6.07) is 20.3. The zero-order valence-electron chi connectivity index (χ0n) is 14.3. The number of rotatable bonds is 4. The number of nitrogens with one attached hydrogen (secondary N) is 1. The van der Waals surface area contributed by atoms with E-state index in [1.54, 1.807) is 0 Å². The highest BCUT2D eigenvalue weighted by Crippen LogP contribution is 2.17. The van der Waals surface area contributed by atoms with Crippen LogP contribution < -0.4 is 10.8 Å². The molecular formula is C21H21BNO. The maximum absolute atomic E-state index is 12.6. The zero-order valence-corrected chi connectivity index (χ0v) is 14.3. The summed E-state index contributed by atoms with van der Waals surface area (Å²) < 4.78 is 0. The lowest BCUT2D eigenvalue weighted by Crippen LogP contribution is -2.26. The lowest BCUT2D eigenvalue weighted by molar-refractivity contribution is 0.0940. The van der Waals surface area contributed by atoms with Crippen LogP contribution in [0.1, 0.15) is 34.5 Å². The maximum atomic E-state index is 12.6. The monoisotopic (exact) mass is 314 g/mol. The maximum Gasteiger partial charge on any atom is 0.251 e. The molecule has 0 heterocycles. The molecule has 0 saturated heterocycles. The van der Waals surface area contributed by atoms with Crippen LogP contribution in [0.3, 0.4) is 0 Å². The van der Waals surface area contributed by atoms with Gasteiger partial charge in [0.15, 0.2) is 0 Å². The molecule has 0 aromatic heterocycles. The minimum atomic E-state index is -0.0444. The van der Waals surface area contributed by atoms with Gasteiger partial charge in [0.1, 0.15) is 7.28 Å². The van der Waals surface area contributed by atoms with Crippen LogP contribution in [0, 0.1) is 6.92 Å². The summed E-state index contributed by atoms with van der Waals surface area (Å²) in [6.07, 6.45) is 0. The van der Waals surface area contributed by atoms with Crippen LogP contribution in [-0.2, 0) is 0 Å². The van der Waals surface area contributed by atoms with Crippen LogP contribution in [0.4, 0.5) is 0 Å². The Morgan fingerprint density at radius 2 is 1.75 bits per heavy atom. The quantitative estimate of drug-likeness (QED) is 0.724. The molecule has 0 aliphatic heterocycles. The van der Waals surface area contributed by atoms with Gasteiger partial charge in [-0.25, -0.2) is 0 Å². The number of hydrogen-bond acceptors (Lipinski definition) is 1. The van der Waals surface area contributed by atoms with Crippen molar-refractivity contribution in [2.75, 3.05) is 0 Å². The van der Waals surface area contributed by atoms with Gasteiger partial charge < -0.3 is 5.32 Å². The predicted molar refractivity (Wildman–Crippen MR) is 102 cm³/mol. The van der Waals surface area contributed by atoms with E-state index in [0.717, 1.165) is 16.3 Å². The fourth-order valence-electron chi connectivity index (χ4n) is 2.89. The van der Waals surface area contributed by atoms with Gasteiger partial charge in [0.05, 0.1) is 6.04 Å². The summed E-state index contributed by atoms with van der Waals surface area (Å²) in [6.45, 7) is 6.09. The summed E-state index contributed by atoms with van der Waals surface area (Å²) in [5.41, 5.74) is 4.19. The van der Waals surface area contributed by atoms with Gasteiger partial charge in [0.25, 0.3) is 5.91 Å². The molecule has 1 radical (unpaired) electrons. The van der Waals surface area contributed by atoms with Crippen molar-refractivity contribution >= 4 is 29.4 Å². The molecule has 2 nitrogen and oxygen atoms in total. The Kier molecular flexibility index (Phi) is 4.70. The fraction of sp³-hybridized carbons (Fsp3) is 0.190. The van der Waals surface area contributed by atoms with Gasteiger partial charge in [-0.1, -0.05) is 66.4 Å². The lowest BCUT2D eigenvalue weighted by atomic mass is 9.73. The first-order chi connectivity index (χ1) is 11.6. The van der Waals surface area contributed by atoms with Crippen LogP contribution in [0.25, 0.3) is 10.8 Å². The first-order valence-electron chi connectivity index (χ1n) is 8.27. The van der Waals surface area contributed by atoms with Crippen molar-refractivity contribution in [1.82, 2.24) is 5.32 Å². The molecule has 1 atom stereocenters. The van der Waals surface area contributed by atoms with E-state index in [0.29, 0.717) is 5.56 Å². The highest BCUT2D eigenvalue weighted by atomic mass is 16.1. The molecule has 1 amide bonds. The Bertz CT molecular complexity index is 888. The Morgan fingerprint density at radius 3 is 2.50 bits per heavy atom. The van der Waals surface area contributed by atoms with E-state index in [9.17, 15) is 4.79 Å². The first-order valence-corrected chi connectivity index (χ1v) is 8.27. The average Bonchev–Trinajstić information content (AvgIpc) is 2.60. The molecule has 0 spiro atoms. The molecule has 0 aliphatic rings. The van der Waals surface area contributed by atoms with Gasteiger partial charge >= 0.3 is 0 Å². The van der Waals surface area contributed by atoms with Gasteiger partial charge in [-0.2, -0.15) is 0 Å². The van der Waals surface area contributed by atoms with Crippen LogP contribution in [0.15, 0.2) is 60.7 Å². The van der Waals surface area contributed by atoms with Crippen LogP contribution in [0.2, 0.25) is 6.82 Å². The molecule has 119 valence electrons. The molecule has 3 rings (SSSR count). The zero-order chi connectivity index (χ0) is 17.1. The third-order valence-corrected chi connectivity index (χ3v) is 4.35. The van der Waals surface area contributed by atoms with E-state index in [4.69, 9.17) is 0 Å². The van der Waals surface area contributed by atoms with E-state index < -0.39 is 0 Å². The van der Waals surface area contributed by atoms with E-state index in [1.165, 1.54) is 11.0 Å². The van der Waals surface area contributed by atoms with Crippen molar-refractivity contribution < 1.29 is 4.79 Å². The summed E-state index contributed by atoms with van der Waals surface area (Å²) >= 11 is 0. The average molecular weight is 314 g/mol. The van der Waals surface area contributed by atoms with Crippen LogP contribution >= 0.6 is 0 Å². The second-order valence-electron chi connectivity index (χ2n) is 6.22. The van der Waals surface area contributed by atoms with Crippen molar-refractivity contribution in [2.45, 2.75) is 26.7 Å². The predicted octanol–water partition coefficient (Wildman–Crippen LogP) is 4.02. The van der Waals surface area contributed by atoms with Crippen molar-refractivity contribution in [3.8, 4) is 0 Å². The van der Waals surface area contributed by atoms with Gasteiger partial charge in [-0.3, -0.25) is 4.79 Å². The van der Waals surface area contributed by atoms with Gasteiger partial charge in [-0.05, 0) is 42.3 Å². The van der Waals surface area contributed by atoms with Crippen molar-refractivity contribution in [3.63, 3.8) is 0 Å². The Hall–Kier alpha value is -2.55. The summed E-state index contributed by atoms with van der Waals surface area (Å²) in [4.78, 5) is 12.6. The van der Waals surface area contributed by atoms with Crippen molar-refractivity contribution in [3.05, 3.63) is 77.4 Å². The van der Waals surface area contributed by atoms with Crippen LogP contribution in [-0.4, -0.2) is 13.2 Å². The number of hydrogen-bond donors (Lipinski definition) is 1. The molecule has 0 bridgehead atoms. The molecular weight excluding hydrogens is 293 g/mol. The van der Waals surface area contributed by atoms with Gasteiger partial charge in [0, 0.05) is 5.56 Å². The second-order valence-corrected chi connectivity index (χ2v) is 6.22. The summed E-state index contributed by atoms with van der Waals surface area (Å²) in [5.74, 6) is -0.0444. The smallest absolute Gasteiger partial charge is 0.251 e. The standard InChI is InChI=1S/C21H21BNO/c1-14-5-4-6-16(11-14)15(2)23-21(24)19-8-7-18-13-20(22-3)10-9-17(18)12-19/h4-13,15H,1-3H3,(H,23,24)/t15-/m1/s1. The molecule has 3 aromatic rings. The Labute approximate surface area is 144 Å². The Balaban J connectivity index is 1.80. The molecule has 0 saturated carbocycles. The molecule has 1 N–H and O–H groups in total. The minimum absolute atomic E-state index is 0.0230. The Morgan fingerprint density at radius 1 is 1.00 bits per heavy atom. The number of aryl methyl sites for hydroxylation is 1. The largest absolute Gasteiger partial charge is 0.346 e. The highest BCUT2D eigenvalue weighted by molar-refractivity contribution is 6.52. The number of benzene rings is 3. The molecule has 0 fully saturated rings. The van der Waals surface area contributed by atoms with Crippen LogP contribution in [0.5, 0.6) is 0 Å². The second kappa shape index (κ2) is 6.92. The third-order valence-electron chi connectivity index (χ3n) is 4.35. The van der Waals surface area contributed by atoms with E-state index >= 15 is 0 Å². The summed E-state index contributed by atoms with van der Waals surface area (Å²) in [7, 11) is 2.07. The lowest BCUT2D eigenvalue weighted by Gasteiger charge is -2.15. The first kappa shape index (κ1) is 16.3. The number of fused-ring (bicyclic) bond motifs is 1. The number of carbonyl (C=O) groups is 1. The molecule has 24 heavy (non-hydrogen) atoms. The molecule has 3 aromatic carbocycles. The van der Waals surface area contributed by atoms with E-state index in [-0.39, 0.29) is 11.9 Å². The van der Waals surface area contributed by atoms with Gasteiger partial charge in [-0.15, -0.1) is 0 Å². The number of amides is 1. The third kappa shape index (κ3) is 3.51. The topological polar surface area (TPSA) is 29.1 Å². The normalized spacial score (nSPS) is 12.0. The SMILES string of the molecule is C[B]c1ccc2cc(C(=O)N[C@H](C)c3cccc(C)c3)ccc2c1. The molecule has 3 heteroatoms. The number of carbonyl (C=O) groups excluding carboxylic acids is 1. The minimum Gasteiger partial charge on any atom is -0.346 e. The van der Waals surface area contributed by atoms with E-state index in [1.807, 2.05) is 44.1 Å². The molecule has 0 unspecified atom stereocenters. The summed E-state index contributed by atoms with van der Waals surface area (Å²) in [5, 5.41) is 5.31. The fourth-order valence-corrected chi connectivity index (χ4v) is 2.89. The van der Waals surface area contributed by atoms with Gasteiger partial charge in [0.2, 0.25) is 0 Å². The van der Waals surface area contributed by atoms with E-state index in [2.05, 4.69) is 49.9 Å². The highest BCUT2D eigenvalue weighted by Gasteiger charge is 2.12. The van der Waals surface area contributed by atoms with Crippen molar-refractivity contribution in [2.24, 2.45) is 0 Å². The van der Waals surface area contributed by atoms with Crippen molar-refractivity contribution in [1.29, 1.82) is 0 Å².